The Labute approximate surface area is 103 Å². The van der Waals surface area contributed by atoms with Crippen molar-refractivity contribution in [1.82, 2.24) is 9.97 Å². The van der Waals surface area contributed by atoms with Gasteiger partial charge in [0.2, 0.25) is 0 Å². The molecule has 0 spiro atoms. The van der Waals surface area contributed by atoms with Crippen LogP contribution < -0.4 is 10.5 Å². The van der Waals surface area contributed by atoms with E-state index in [0.29, 0.717) is 0 Å². The van der Waals surface area contributed by atoms with E-state index in [4.69, 9.17) is 0 Å². The first-order valence-electron chi connectivity index (χ1n) is 5.00. The molecule has 0 aliphatic heterocycles. The second-order valence-electron chi connectivity index (χ2n) is 3.25. The molecule has 1 rings (SSSR count). The third-order valence-electron chi connectivity index (χ3n) is 2.08. The monoisotopic (exact) mass is 255 g/mol. The van der Waals surface area contributed by atoms with Crippen LogP contribution in [-0.4, -0.2) is 49.2 Å². The summed E-state index contributed by atoms with van der Waals surface area (Å²) >= 11 is 0. The highest BCUT2D eigenvalue weighted by molar-refractivity contribution is 5.80. The van der Waals surface area contributed by atoms with Gasteiger partial charge in [-0.25, -0.2) is 4.98 Å². The summed E-state index contributed by atoms with van der Waals surface area (Å²) in [6.45, 7) is -0.544. The summed E-state index contributed by atoms with van der Waals surface area (Å²) in [5, 5.41) is 0. The lowest BCUT2D eigenvalue weighted by Crippen LogP contribution is -2.39. The second-order valence-corrected chi connectivity index (χ2v) is 3.25. The standard InChI is InChI=1S/C10H13N3O5/c1-17-7(14)5-13(6-8(15)18-2)9-10(16)12-4-3-11-9/h3-4H,5-6H2,1-2H3,(H,12,16). The van der Waals surface area contributed by atoms with Crippen LogP contribution in [0.1, 0.15) is 0 Å². The number of nitrogens with one attached hydrogen (secondary N) is 1. The highest BCUT2D eigenvalue weighted by atomic mass is 16.5. The smallest absolute Gasteiger partial charge is 0.325 e. The van der Waals surface area contributed by atoms with E-state index in [1.165, 1.54) is 31.5 Å². The summed E-state index contributed by atoms with van der Waals surface area (Å²) < 4.78 is 8.97. The molecule has 1 heterocycles. The second kappa shape index (κ2) is 6.38. The molecule has 98 valence electrons. The lowest BCUT2D eigenvalue weighted by atomic mass is 10.4. The maximum Gasteiger partial charge on any atom is 0.325 e. The zero-order valence-corrected chi connectivity index (χ0v) is 10.0. The van der Waals surface area contributed by atoms with Crippen LogP contribution in [0, 0.1) is 0 Å². The molecule has 0 radical (unpaired) electrons. The Bertz CT molecular complexity index is 466. The number of carbonyl (C=O) groups excluding carboxylic acids is 2. The molecule has 1 aromatic rings. The summed E-state index contributed by atoms with van der Waals surface area (Å²) in [5.41, 5.74) is -0.509. The Hall–Kier alpha value is -2.38. The minimum atomic E-state index is -0.594. The first kappa shape index (κ1) is 13.7. The number of ether oxygens (including phenoxy) is 2. The van der Waals surface area contributed by atoms with E-state index in [0.717, 1.165) is 0 Å². The average molecular weight is 255 g/mol. The number of esters is 2. The molecule has 0 amide bonds. The lowest BCUT2D eigenvalue weighted by molar-refractivity contribution is -0.140. The van der Waals surface area contributed by atoms with Crippen molar-refractivity contribution in [3.05, 3.63) is 22.7 Å². The van der Waals surface area contributed by atoms with Gasteiger partial charge in [0.15, 0.2) is 5.82 Å². The minimum absolute atomic E-state index is 0.0479. The van der Waals surface area contributed by atoms with Gasteiger partial charge >= 0.3 is 11.9 Å². The largest absolute Gasteiger partial charge is 0.468 e. The van der Waals surface area contributed by atoms with Gasteiger partial charge in [-0.1, -0.05) is 0 Å². The van der Waals surface area contributed by atoms with E-state index < -0.39 is 17.5 Å². The predicted molar refractivity (Wildman–Crippen MR) is 61.1 cm³/mol. The van der Waals surface area contributed by atoms with E-state index in [-0.39, 0.29) is 18.9 Å². The fourth-order valence-electron chi connectivity index (χ4n) is 1.22. The normalized spacial score (nSPS) is 9.67. The van der Waals surface area contributed by atoms with Gasteiger partial charge < -0.3 is 19.4 Å². The highest BCUT2D eigenvalue weighted by Crippen LogP contribution is 2.02. The van der Waals surface area contributed by atoms with Crippen LogP contribution in [0.5, 0.6) is 0 Å². The molecule has 8 heteroatoms. The Balaban J connectivity index is 2.96. The molecule has 0 unspecified atom stereocenters. The summed E-state index contributed by atoms with van der Waals surface area (Å²) in [5.74, 6) is -1.23. The van der Waals surface area contributed by atoms with E-state index >= 15 is 0 Å². The number of rotatable bonds is 5. The van der Waals surface area contributed by atoms with Crippen LogP contribution in [0.3, 0.4) is 0 Å². The summed E-state index contributed by atoms with van der Waals surface area (Å²) in [6, 6.07) is 0. The summed E-state index contributed by atoms with van der Waals surface area (Å²) in [6.07, 6.45) is 2.69. The number of hydrogen-bond donors (Lipinski definition) is 1. The van der Waals surface area contributed by atoms with Crippen molar-refractivity contribution in [3.8, 4) is 0 Å². The molecule has 0 bridgehead atoms. The zero-order chi connectivity index (χ0) is 13.5. The van der Waals surface area contributed by atoms with Crippen LogP contribution in [0.25, 0.3) is 0 Å². The average Bonchev–Trinajstić information content (AvgIpc) is 2.38. The van der Waals surface area contributed by atoms with Crippen LogP contribution in [0.2, 0.25) is 0 Å². The predicted octanol–water partition coefficient (Wildman–Crippen LogP) is -1.08. The van der Waals surface area contributed by atoms with Crippen LogP contribution in [0.4, 0.5) is 5.82 Å². The maximum absolute atomic E-state index is 11.5. The van der Waals surface area contributed by atoms with E-state index in [1.807, 2.05) is 0 Å². The number of aromatic amines is 1. The van der Waals surface area contributed by atoms with Crippen molar-refractivity contribution >= 4 is 17.8 Å². The molecule has 0 aliphatic rings. The molecular formula is C10H13N3O5. The van der Waals surface area contributed by atoms with Crippen LogP contribution in [0.15, 0.2) is 17.2 Å². The van der Waals surface area contributed by atoms with Gasteiger partial charge in [-0.15, -0.1) is 0 Å². The molecule has 0 atom stereocenters. The molecule has 1 N–H and O–H groups in total. The highest BCUT2D eigenvalue weighted by Gasteiger charge is 2.19. The van der Waals surface area contributed by atoms with Crippen molar-refractivity contribution < 1.29 is 19.1 Å². The Kier molecular flexibility index (Phi) is 4.85. The van der Waals surface area contributed by atoms with Gasteiger partial charge in [0.1, 0.15) is 13.1 Å². The van der Waals surface area contributed by atoms with Gasteiger partial charge in [0.25, 0.3) is 5.56 Å². The number of hydrogen-bond acceptors (Lipinski definition) is 7. The first-order chi connectivity index (χ1) is 8.58. The van der Waals surface area contributed by atoms with Crippen molar-refractivity contribution in [2.24, 2.45) is 0 Å². The Morgan fingerprint density at radius 2 is 1.83 bits per heavy atom. The molecule has 8 nitrogen and oxygen atoms in total. The van der Waals surface area contributed by atoms with Crippen molar-refractivity contribution in [2.45, 2.75) is 0 Å². The lowest BCUT2D eigenvalue weighted by Gasteiger charge is -2.19. The molecule has 0 fully saturated rings. The number of aromatic nitrogens is 2. The fourth-order valence-corrected chi connectivity index (χ4v) is 1.22. The molecule has 0 aromatic carbocycles. The third-order valence-corrected chi connectivity index (χ3v) is 2.08. The Morgan fingerprint density at radius 3 is 2.28 bits per heavy atom. The van der Waals surface area contributed by atoms with Gasteiger partial charge in [0, 0.05) is 12.4 Å². The topological polar surface area (TPSA) is 102 Å². The van der Waals surface area contributed by atoms with E-state index in [9.17, 15) is 14.4 Å². The molecule has 0 saturated heterocycles. The Morgan fingerprint density at radius 1 is 1.28 bits per heavy atom. The van der Waals surface area contributed by atoms with E-state index in [1.54, 1.807) is 0 Å². The van der Waals surface area contributed by atoms with Crippen LogP contribution in [-0.2, 0) is 19.1 Å². The number of methoxy groups -OCH3 is 2. The SMILES string of the molecule is COC(=O)CN(CC(=O)OC)c1ncc[nH]c1=O. The zero-order valence-electron chi connectivity index (χ0n) is 10.0. The number of nitrogens with zero attached hydrogens (tertiary/aromatic N) is 2. The number of anilines is 1. The van der Waals surface area contributed by atoms with Crippen molar-refractivity contribution in [1.29, 1.82) is 0 Å². The maximum atomic E-state index is 11.5. The summed E-state index contributed by atoms with van der Waals surface area (Å²) in [4.78, 5) is 41.4. The molecule has 18 heavy (non-hydrogen) atoms. The first-order valence-corrected chi connectivity index (χ1v) is 5.00. The van der Waals surface area contributed by atoms with Gasteiger partial charge in [-0.3, -0.25) is 14.4 Å². The molecule has 0 saturated carbocycles. The van der Waals surface area contributed by atoms with Crippen LogP contribution >= 0.6 is 0 Å². The van der Waals surface area contributed by atoms with Gasteiger partial charge in [-0.2, -0.15) is 0 Å². The van der Waals surface area contributed by atoms with Crippen molar-refractivity contribution in [2.75, 3.05) is 32.2 Å². The third kappa shape index (κ3) is 3.58. The minimum Gasteiger partial charge on any atom is -0.468 e. The number of H-pyrrole nitrogens is 1. The van der Waals surface area contributed by atoms with Crippen molar-refractivity contribution in [3.63, 3.8) is 0 Å². The fraction of sp³-hybridized carbons (Fsp3) is 0.400. The number of carbonyl (C=O) groups is 2. The van der Waals surface area contributed by atoms with Gasteiger partial charge in [0.05, 0.1) is 14.2 Å². The van der Waals surface area contributed by atoms with E-state index in [2.05, 4.69) is 19.4 Å². The van der Waals surface area contributed by atoms with Gasteiger partial charge in [-0.05, 0) is 0 Å². The molecule has 0 aliphatic carbocycles. The quantitative estimate of drug-likeness (QED) is 0.668. The molecule has 1 aromatic heterocycles. The molecular weight excluding hydrogens is 242 g/mol. The summed E-state index contributed by atoms with van der Waals surface area (Å²) in [7, 11) is 2.42.